The molecule has 0 aromatic rings. The van der Waals surface area contributed by atoms with Crippen molar-refractivity contribution in [3.05, 3.63) is 34.9 Å². The van der Waals surface area contributed by atoms with Gasteiger partial charge < -0.3 is 14.7 Å². The largest absolute Gasteiger partial charge is 0.370 e. The fraction of sp³-hybridized carbons (Fsp3) is 0.556. The van der Waals surface area contributed by atoms with E-state index < -0.39 is 17.2 Å². The summed E-state index contributed by atoms with van der Waals surface area (Å²) >= 11 is 1.76. The molecular weight excluding hydrogens is 369 g/mol. The molecule has 1 amide bonds. The maximum atomic E-state index is 15.1. The number of nitrogens with zero attached hydrogens (tertiary/aromatic N) is 3. The van der Waals surface area contributed by atoms with Gasteiger partial charge in [0.25, 0.3) is 5.91 Å². The van der Waals surface area contributed by atoms with Gasteiger partial charge in [-0.25, -0.2) is 10.2 Å². The van der Waals surface area contributed by atoms with Gasteiger partial charge in [-0.2, -0.15) is 11.8 Å². The van der Waals surface area contributed by atoms with Gasteiger partial charge in [0.2, 0.25) is 0 Å². The van der Waals surface area contributed by atoms with E-state index in [1.807, 2.05) is 10.3 Å². The van der Waals surface area contributed by atoms with Crippen LogP contribution in [0.5, 0.6) is 0 Å². The van der Waals surface area contributed by atoms with Crippen LogP contribution in [0.25, 0.3) is 0 Å². The third kappa shape index (κ3) is 2.97. The number of likely N-dealkylation sites (N-methyl/N-ethyl adjacent to an activating group) is 1. The lowest BCUT2D eigenvalue weighted by Gasteiger charge is -2.53. The highest BCUT2D eigenvalue weighted by Crippen LogP contribution is 2.47. The monoisotopic (exact) mass is 393 g/mol. The van der Waals surface area contributed by atoms with E-state index in [0.29, 0.717) is 30.0 Å². The number of hydrazine groups is 1. The number of ketones is 1. The predicted octanol–water partition coefficient (Wildman–Crippen LogP) is -0.0109. The molecule has 0 radical (unpaired) electrons. The van der Waals surface area contributed by atoms with Gasteiger partial charge in [0, 0.05) is 62.4 Å². The van der Waals surface area contributed by atoms with Crippen molar-refractivity contribution in [2.75, 3.05) is 51.3 Å². The zero-order valence-electron chi connectivity index (χ0n) is 15.3. The first kappa shape index (κ1) is 18.5. The second-order valence-electron chi connectivity index (χ2n) is 7.44. The van der Waals surface area contributed by atoms with Gasteiger partial charge in [0.1, 0.15) is 11.4 Å². The Kier molecular flexibility index (Phi) is 4.77. The molecule has 2 fully saturated rings. The summed E-state index contributed by atoms with van der Waals surface area (Å²) < 4.78 is 15.1. The van der Waals surface area contributed by atoms with Crippen molar-refractivity contribution in [2.45, 2.75) is 12.0 Å². The lowest BCUT2D eigenvalue weighted by molar-refractivity contribution is -0.122. The van der Waals surface area contributed by atoms with Crippen LogP contribution in [0.15, 0.2) is 34.9 Å². The van der Waals surface area contributed by atoms with E-state index >= 15 is 4.39 Å². The van der Waals surface area contributed by atoms with E-state index in [1.165, 1.54) is 6.08 Å². The standard InChI is InChI=1S/C18H24FN5O2S/c1-22-2-4-23(5-3-22)15-9-18-11-27-7-6-24(18)10-12(17(26)21-20)16(25)13(18)8-14(15)19/h8,10H,2-7,9,11,20H2,1H3,(H,21,26). The quantitative estimate of drug-likeness (QED) is 0.296. The Morgan fingerprint density at radius 3 is 2.74 bits per heavy atom. The molecule has 1 atom stereocenters. The summed E-state index contributed by atoms with van der Waals surface area (Å²) in [7, 11) is 2.06. The summed E-state index contributed by atoms with van der Waals surface area (Å²) in [5.41, 5.74) is 2.45. The zero-order valence-corrected chi connectivity index (χ0v) is 16.1. The number of amides is 1. The lowest BCUT2D eigenvalue weighted by atomic mass is 9.75. The van der Waals surface area contributed by atoms with E-state index in [2.05, 4.69) is 16.8 Å². The molecular formula is C18H24FN5O2S. The lowest BCUT2D eigenvalue weighted by Crippen LogP contribution is -2.60. The molecule has 1 unspecified atom stereocenters. The number of nitrogens with one attached hydrogen (secondary N) is 1. The number of carbonyl (C=O) groups is 2. The summed E-state index contributed by atoms with van der Waals surface area (Å²) in [6.07, 6.45) is 3.42. The van der Waals surface area contributed by atoms with E-state index in [0.717, 1.165) is 31.9 Å². The van der Waals surface area contributed by atoms with Gasteiger partial charge in [-0.1, -0.05) is 0 Å². The Morgan fingerprint density at radius 2 is 2.04 bits per heavy atom. The van der Waals surface area contributed by atoms with Crippen LogP contribution < -0.4 is 11.3 Å². The number of hydrogen-bond acceptors (Lipinski definition) is 7. The van der Waals surface area contributed by atoms with Crippen molar-refractivity contribution in [2.24, 2.45) is 5.84 Å². The van der Waals surface area contributed by atoms with Gasteiger partial charge >= 0.3 is 0 Å². The molecule has 0 aromatic carbocycles. The number of nitrogens with two attached hydrogens (primary N) is 1. The van der Waals surface area contributed by atoms with Gasteiger partial charge in [-0.3, -0.25) is 15.0 Å². The number of Topliss-reactive ketones (excluding diaryl/α,β-unsaturated/α-hetero) is 1. The molecule has 27 heavy (non-hydrogen) atoms. The Morgan fingerprint density at radius 1 is 1.30 bits per heavy atom. The molecule has 2 saturated heterocycles. The maximum Gasteiger partial charge on any atom is 0.270 e. The van der Waals surface area contributed by atoms with Crippen LogP contribution >= 0.6 is 11.8 Å². The number of carbonyl (C=O) groups excluding carboxylic acids is 2. The van der Waals surface area contributed by atoms with Crippen LogP contribution in [0.2, 0.25) is 0 Å². The van der Waals surface area contributed by atoms with Crippen LogP contribution in [-0.4, -0.2) is 83.2 Å². The average molecular weight is 393 g/mol. The van der Waals surface area contributed by atoms with Crippen molar-refractivity contribution in [1.82, 2.24) is 20.1 Å². The zero-order chi connectivity index (χ0) is 19.2. The molecule has 0 bridgehead atoms. The summed E-state index contributed by atoms with van der Waals surface area (Å²) in [6.45, 7) is 4.03. The molecule has 3 N–H and O–H groups in total. The normalized spacial score (nSPS) is 29.1. The highest BCUT2D eigenvalue weighted by atomic mass is 32.2. The third-order valence-corrected chi connectivity index (χ3v) is 7.06. The third-order valence-electron chi connectivity index (χ3n) is 5.91. The molecule has 146 valence electrons. The smallest absolute Gasteiger partial charge is 0.270 e. The molecule has 4 rings (SSSR count). The maximum absolute atomic E-state index is 15.1. The number of piperazine rings is 1. The molecule has 0 saturated carbocycles. The number of allylic oxidation sites excluding steroid dienone is 2. The second-order valence-corrected chi connectivity index (χ2v) is 8.55. The van der Waals surface area contributed by atoms with Crippen LogP contribution in [0.4, 0.5) is 4.39 Å². The second kappa shape index (κ2) is 6.96. The van der Waals surface area contributed by atoms with Crippen molar-refractivity contribution < 1.29 is 14.0 Å². The molecule has 3 heterocycles. The molecule has 0 aromatic heterocycles. The fourth-order valence-corrected chi connectivity index (χ4v) is 5.52. The van der Waals surface area contributed by atoms with Crippen molar-refractivity contribution in [3.8, 4) is 0 Å². The summed E-state index contributed by atoms with van der Waals surface area (Å²) in [5, 5.41) is 0. The van der Waals surface area contributed by atoms with Crippen LogP contribution in [0, 0.1) is 0 Å². The number of thioether (sulfide) groups is 1. The first-order valence-electron chi connectivity index (χ1n) is 9.12. The van der Waals surface area contributed by atoms with Crippen molar-refractivity contribution in [3.63, 3.8) is 0 Å². The summed E-state index contributed by atoms with van der Waals surface area (Å²) in [5.74, 6) is 5.40. The van der Waals surface area contributed by atoms with E-state index in [9.17, 15) is 9.59 Å². The predicted molar refractivity (Wildman–Crippen MR) is 102 cm³/mol. The topological polar surface area (TPSA) is 81.9 Å². The average Bonchev–Trinajstić information content (AvgIpc) is 2.68. The van der Waals surface area contributed by atoms with Crippen LogP contribution in [0.3, 0.4) is 0 Å². The Hall–Kier alpha value is -1.84. The SMILES string of the molecule is CN1CCN(C2=C(F)C=C3C(=O)C(C(=O)NN)=CN4CCSCC34C2)CC1. The molecule has 3 aliphatic heterocycles. The fourth-order valence-electron chi connectivity index (χ4n) is 4.29. The van der Waals surface area contributed by atoms with Crippen molar-refractivity contribution >= 4 is 23.5 Å². The highest BCUT2D eigenvalue weighted by Gasteiger charge is 2.51. The minimum absolute atomic E-state index is 0.0258. The van der Waals surface area contributed by atoms with Gasteiger partial charge in [-0.05, 0) is 13.1 Å². The molecule has 1 aliphatic carbocycles. The van der Waals surface area contributed by atoms with Gasteiger partial charge in [0.15, 0.2) is 5.78 Å². The molecule has 1 spiro atoms. The number of hydrogen-bond donors (Lipinski definition) is 2. The number of halogens is 1. The first-order chi connectivity index (χ1) is 13.0. The van der Waals surface area contributed by atoms with Crippen LogP contribution in [-0.2, 0) is 9.59 Å². The summed E-state index contributed by atoms with van der Waals surface area (Å²) in [6, 6.07) is 0. The highest BCUT2D eigenvalue weighted by molar-refractivity contribution is 7.99. The van der Waals surface area contributed by atoms with E-state index in [1.54, 1.807) is 18.0 Å². The first-order valence-corrected chi connectivity index (χ1v) is 10.3. The van der Waals surface area contributed by atoms with E-state index in [4.69, 9.17) is 5.84 Å². The minimum atomic E-state index is -0.637. The molecule has 7 nitrogen and oxygen atoms in total. The Bertz CT molecular complexity index is 772. The van der Waals surface area contributed by atoms with Crippen molar-refractivity contribution in [1.29, 1.82) is 0 Å². The number of rotatable bonds is 2. The van der Waals surface area contributed by atoms with Crippen LogP contribution in [0.1, 0.15) is 6.42 Å². The molecule has 9 heteroatoms. The summed E-state index contributed by atoms with van der Waals surface area (Å²) in [4.78, 5) is 31.4. The van der Waals surface area contributed by atoms with Gasteiger partial charge in [0.05, 0.1) is 11.2 Å². The Labute approximate surface area is 162 Å². The Balaban J connectivity index is 1.75. The van der Waals surface area contributed by atoms with E-state index in [-0.39, 0.29) is 11.4 Å². The minimum Gasteiger partial charge on any atom is -0.370 e. The van der Waals surface area contributed by atoms with Gasteiger partial charge in [-0.15, -0.1) is 0 Å². The molecule has 4 aliphatic rings.